The number of rotatable bonds is 5. The number of nitrogens with one attached hydrogen (secondary N) is 2. The second-order valence-electron chi connectivity index (χ2n) is 7.29. The van der Waals surface area contributed by atoms with E-state index in [2.05, 4.69) is 10.6 Å². The normalized spacial score (nSPS) is 18.6. The van der Waals surface area contributed by atoms with Gasteiger partial charge in [-0.15, -0.1) is 0 Å². The van der Waals surface area contributed by atoms with Gasteiger partial charge in [0.1, 0.15) is 5.75 Å². The second kappa shape index (κ2) is 7.82. The molecule has 0 bridgehead atoms. The molecule has 1 aliphatic carbocycles. The maximum absolute atomic E-state index is 12.5. The minimum absolute atomic E-state index is 0.00790. The minimum atomic E-state index is -0.0201. The van der Waals surface area contributed by atoms with Crippen LogP contribution in [0.2, 0.25) is 0 Å². The molecular weight excluding hydrogens is 340 g/mol. The van der Waals surface area contributed by atoms with Crippen LogP contribution >= 0.6 is 0 Å². The molecule has 0 saturated heterocycles. The molecule has 140 valence electrons. The minimum Gasteiger partial charge on any atom is -0.493 e. The van der Waals surface area contributed by atoms with Gasteiger partial charge in [0.2, 0.25) is 11.8 Å². The van der Waals surface area contributed by atoms with E-state index in [-0.39, 0.29) is 23.8 Å². The van der Waals surface area contributed by atoms with Crippen molar-refractivity contribution in [3.05, 3.63) is 59.7 Å². The van der Waals surface area contributed by atoms with Crippen molar-refractivity contribution in [2.45, 2.75) is 38.1 Å². The summed E-state index contributed by atoms with van der Waals surface area (Å²) in [6.45, 7) is 0.678. The molecule has 2 amide bonds. The van der Waals surface area contributed by atoms with Crippen molar-refractivity contribution < 1.29 is 14.3 Å². The van der Waals surface area contributed by atoms with E-state index in [9.17, 15) is 9.59 Å². The average Bonchev–Trinajstić information content (AvgIpc) is 3.52. The van der Waals surface area contributed by atoms with Crippen LogP contribution in [0.3, 0.4) is 0 Å². The van der Waals surface area contributed by atoms with E-state index < -0.39 is 0 Å². The second-order valence-corrected chi connectivity index (χ2v) is 7.29. The number of anilines is 1. The number of benzene rings is 2. The van der Waals surface area contributed by atoms with Crippen LogP contribution in [0.15, 0.2) is 48.5 Å². The number of hydrogen-bond donors (Lipinski definition) is 2. The maximum Gasteiger partial charge on any atom is 0.227 e. The van der Waals surface area contributed by atoms with E-state index in [1.165, 1.54) is 0 Å². The molecule has 1 fully saturated rings. The summed E-state index contributed by atoms with van der Waals surface area (Å²) in [5, 5.41) is 6.06. The molecule has 1 aliphatic heterocycles. The lowest BCUT2D eigenvalue weighted by Crippen LogP contribution is -2.29. The van der Waals surface area contributed by atoms with Crippen molar-refractivity contribution in [3.8, 4) is 5.75 Å². The Morgan fingerprint density at radius 2 is 1.78 bits per heavy atom. The summed E-state index contributed by atoms with van der Waals surface area (Å²) in [5.74, 6) is 1.12. The Morgan fingerprint density at radius 1 is 1.00 bits per heavy atom. The topological polar surface area (TPSA) is 67.4 Å². The Kier molecular flexibility index (Phi) is 5.10. The van der Waals surface area contributed by atoms with Crippen LogP contribution in [-0.2, 0) is 16.0 Å². The van der Waals surface area contributed by atoms with E-state index in [1.54, 1.807) is 0 Å². The smallest absolute Gasteiger partial charge is 0.227 e. The summed E-state index contributed by atoms with van der Waals surface area (Å²) in [5.41, 5.74) is 2.75. The maximum atomic E-state index is 12.5. The van der Waals surface area contributed by atoms with Crippen molar-refractivity contribution in [1.29, 1.82) is 0 Å². The van der Waals surface area contributed by atoms with Gasteiger partial charge in [-0.25, -0.2) is 0 Å². The largest absolute Gasteiger partial charge is 0.493 e. The van der Waals surface area contributed by atoms with Crippen molar-refractivity contribution in [2.75, 3.05) is 11.9 Å². The summed E-state index contributed by atoms with van der Waals surface area (Å²) < 4.78 is 5.76. The van der Waals surface area contributed by atoms with E-state index in [0.717, 1.165) is 48.2 Å². The summed E-state index contributed by atoms with van der Waals surface area (Å²) in [4.78, 5) is 24.3. The Hall–Kier alpha value is -2.82. The monoisotopic (exact) mass is 364 g/mol. The van der Waals surface area contributed by atoms with Crippen molar-refractivity contribution in [1.82, 2.24) is 5.32 Å². The third-order valence-electron chi connectivity index (χ3n) is 5.06. The van der Waals surface area contributed by atoms with E-state index >= 15 is 0 Å². The van der Waals surface area contributed by atoms with Gasteiger partial charge >= 0.3 is 0 Å². The highest BCUT2D eigenvalue weighted by Gasteiger charge is 2.29. The fraction of sp³-hybridized carbons (Fsp3) is 0.364. The summed E-state index contributed by atoms with van der Waals surface area (Å²) in [6, 6.07) is 15.4. The fourth-order valence-electron chi connectivity index (χ4n) is 3.40. The lowest BCUT2D eigenvalue weighted by atomic mass is 10.0. The van der Waals surface area contributed by atoms with Crippen molar-refractivity contribution >= 4 is 17.5 Å². The van der Waals surface area contributed by atoms with Crippen molar-refractivity contribution in [2.24, 2.45) is 5.92 Å². The summed E-state index contributed by atoms with van der Waals surface area (Å²) in [7, 11) is 0. The Labute approximate surface area is 159 Å². The first kappa shape index (κ1) is 17.6. The van der Waals surface area contributed by atoms with Gasteiger partial charge in [-0.1, -0.05) is 30.3 Å². The fourth-order valence-corrected chi connectivity index (χ4v) is 3.40. The van der Waals surface area contributed by atoms with Gasteiger partial charge in [-0.05, 0) is 49.4 Å². The first-order chi connectivity index (χ1) is 13.2. The van der Waals surface area contributed by atoms with E-state index in [0.29, 0.717) is 13.0 Å². The molecule has 4 rings (SSSR count). The average molecular weight is 364 g/mol. The van der Waals surface area contributed by atoms with Gasteiger partial charge in [-0.2, -0.15) is 0 Å². The molecule has 0 radical (unpaired) electrons. The number of fused-ring (bicyclic) bond motifs is 1. The van der Waals surface area contributed by atoms with Crippen LogP contribution in [0.1, 0.15) is 42.9 Å². The van der Waals surface area contributed by atoms with E-state index in [1.807, 2.05) is 48.5 Å². The Bertz CT molecular complexity index is 828. The molecule has 2 aromatic rings. The number of amides is 2. The lowest BCUT2D eigenvalue weighted by molar-refractivity contribution is -0.121. The highest BCUT2D eigenvalue weighted by atomic mass is 16.5. The van der Waals surface area contributed by atoms with E-state index in [4.69, 9.17) is 4.74 Å². The Balaban J connectivity index is 1.36. The molecule has 2 aromatic carbocycles. The Morgan fingerprint density at radius 3 is 2.56 bits per heavy atom. The zero-order chi connectivity index (χ0) is 18.6. The summed E-state index contributed by atoms with van der Waals surface area (Å²) >= 11 is 0. The molecule has 2 N–H and O–H groups in total. The molecule has 5 nitrogen and oxygen atoms in total. The van der Waals surface area contributed by atoms with Gasteiger partial charge in [0.15, 0.2) is 0 Å². The van der Waals surface area contributed by atoms with Crippen LogP contribution in [0.4, 0.5) is 5.69 Å². The molecule has 2 aliphatic rings. The van der Waals surface area contributed by atoms with Crippen LogP contribution in [0.5, 0.6) is 5.75 Å². The predicted molar refractivity (Wildman–Crippen MR) is 104 cm³/mol. The summed E-state index contributed by atoms with van der Waals surface area (Å²) in [6.07, 6.45) is 4.07. The molecule has 5 heteroatoms. The highest BCUT2D eigenvalue weighted by molar-refractivity contribution is 5.94. The molecule has 1 saturated carbocycles. The standard InChI is InChI=1S/C22H24N2O3/c25-21(24-19-5-3-13-27-20-6-2-1-4-18(19)20)14-15-7-11-17(12-8-15)23-22(26)16-9-10-16/h1-2,4,6-8,11-12,16,19H,3,5,9-10,13-14H2,(H,23,26)(H,24,25). The highest BCUT2D eigenvalue weighted by Crippen LogP contribution is 2.31. The number of ether oxygens (including phenoxy) is 1. The molecule has 1 heterocycles. The zero-order valence-corrected chi connectivity index (χ0v) is 15.2. The molecule has 0 spiro atoms. The van der Waals surface area contributed by atoms with Gasteiger partial charge in [0.25, 0.3) is 0 Å². The number of carbonyl (C=O) groups is 2. The number of hydrogen-bond acceptors (Lipinski definition) is 3. The van der Waals surface area contributed by atoms with Crippen LogP contribution in [0.25, 0.3) is 0 Å². The molecule has 0 aromatic heterocycles. The van der Waals surface area contributed by atoms with Crippen molar-refractivity contribution in [3.63, 3.8) is 0 Å². The molecule has 1 unspecified atom stereocenters. The van der Waals surface area contributed by atoms with Crippen LogP contribution < -0.4 is 15.4 Å². The third kappa shape index (κ3) is 4.48. The van der Waals surface area contributed by atoms with Crippen LogP contribution in [0, 0.1) is 5.92 Å². The van der Waals surface area contributed by atoms with Gasteiger partial charge in [0.05, 0.1) is 19.1 Å². The first-order valence-electron chi connectivity index (χ1n) is 9.60. The van der Waals surface area contributed by atoms with Crippen LogP contribution in [-0.4, -0.2) is 18.4 Å². The predicted octanol–water partition coefficient (Wildman–Crippen LogP) is 3.61. The van der Waals surface area contributed by atoms with Gasteiger partial charge in [0, 0.05) is 17.2 Å². The SMILES string of the molecule is O=C(Cc1ccc(NC(=O)C2CC2)cc1)NC1CCCOc2ccccc21. The van der Waals surface area contributed by atoms with Gasteiger partial charge in [-0.3, -0.25) is 9.59 Å². The number of para-hydroxylation sites is 1. The zero-order valence-electron chi connectivity index (χ0n) is 15.2. The lowest BCUT2D eigenvalue weighted by Gasteiger charge is -2.18. The third-order valence-corrected chi connectivity index (χ3v) is 5.06. The van der Waals surface area contributed by atoms with Gasteiger partial charge < -0.3 is 15.4 Å². The molecule has 27 heavy (non-hydrogen) atoms. The molecule has 1 atom stereocenters. The first-order valence-corrected chi connectivity index (χ1v) is 9.60. The molecular formula is C22H24N2O3. The number of carbonyl (C=O) groups excluding carboxylic acids is 2. The quantitative estimate of drug-likeness (QED) is 0.852.